The molecule has 1 saturated heterocycles. The smallest absolute Gasteiger partial charge is 0.230 e. The van der Waals surface area contributed by atoms with Crippen LogP contribution in [0.4, 0.5) is 11.5 Å². The summed E-state index contributed by atoms with van der Waals surface area (Å²) < 4.78 is 1.86. The summed E-state index contributed by atoms with van der Waals surface area (Å²) in [5.74, 6) is 1.88. The summed E-state index contributed by atoms with van der Waals surface area (Å²) in [5, 5.41) is 7.94. The molecule has 0 saturated carbocycles. The van der Waals surface area contributed by atoms with Gasteiger partial charge in [-0.1, -0.05) is 24.3 Å². The lowest BCUT2D eigenvalue weighted by Gasteiger charge is -2.18. The average molecular weight is 447 g/mol. The topological polar surface area (TPSA) is 67.2 Å². The maximum Gasteiger partial charge on any atom is 0.230 e. The summed E-state index contributed by atoms with van der Waals surface area (Å²) >= 11 is 1.80. The summed E-state index contributed by atoms with van der Waals surface area (Å²) in [6.07, 6.45) is 0.216. The van der Waals surface area contributed by atoms with Gasteiger partial charge in [0, 0.05) is 35.7 Å². The number of benzene rings is 2. The molecule has 0 aliphatic carbocycles. The molecule has 1 fully saturated rings. The van der Waals surface area contributed by atoms with Gasteiger partial charge in [-0.05, 0) is 55.7 Å². The number of amides is 2. The molecule has 0 spiro atoms. The number of rotatable bonds is 4. The molecule has 1 aromatic heterocycles. The number of carbonyl (C=O) groups is 2. The molecule has 2 aliphatic heterocycles. The molecule has 1 atom stereocenters. The average Bonchev–Trinajstić information content (AvgIpc) is 3.46. The van der Waals surface area contributed by atoms with Crippen molar-refractivity contribution in [3.63, 3.8) is 0 Å². The van der Waals surface area contributed by atoms with Crippen LogP contribution in [-0.2, 0) is 21.1 Å². The summed E-state index contributed by atoms with van der Waals surface area (Å²) in [5.41, 5.74) is 7.34. The van der Waals surface area contributed by atoms with E-state index in [0.717, 1.165) is 51.1 Å². The van der Waals surface area contributed by atoms with Crippen LogP contribution in [0.25, 0.3) is 5.69 Å². The zero-order chi connectivity index (χ0) is 22.4. The van der Waals surface area contributed by atoms with Crippen LogP contribution >= 0.6 is 11.8 Å². The van der Waals surface area contributed by atoms with Gasteiger partial charge in [-0.3, -0.25) is 9.59 Å². The van der Waals surface area contributed by atoms with Crippen molar-refractivity contribution in [2.45, 2.75) is 38.7 Å². The number of aromatic nitrogens is 2. The van der Waals surface area contributed by atoms with Crippen molar-refractivity contribution in [1.29, 1.82) is 0 Å². The van der Waals surface area contributed by atoms with Crippen LogP contribution in [-0.4, -0.2) is 28.1 Å². The van der Waals surface area contributed by atoms with Crippen LogP contribution in [0.1, 0.15) is 34.4 Å². The Labute approximate surface area is 192 Å². The van der Waals surface area contributed by atoms with Gasteiger partial charge in [-0.2, -0.15) is 16.9 Å². The molecule has 7 heteroatoms. The number of hydrogen-bond acceptors (Lipinski definition) is 4. The van der Waals surface area contributed by atoms with Crippen molar-refractivity contribution >= 4 is 35.1 Å². The summed E-state index contributed by atoms with van der Waals surface area (Å²) in [6, 6.07) is 14.0. The minimum Gasteiger partial charge on any atom is -0.312 e. The molecule has 2 aliphatic rings. The van der Waals surface area contributed by atoms with E-state index in [2.05, 4.69) is 12.2 Å². The second kappa shape index (κ2) is 8.13. The van der Waals surface area contributed by atoms with Crippen molar-refractivity contribution in [2.24, 2.45) is 5.92 Å². The van der Waals surface area contributed by atoms with Crippen LogP contribution in [0.3, 0.4) is 0 Å². The van der Waals surface area contributed by atoms with Gasteiger partial charge in [0.15, 0.2) is 0 Å². The van der Waals surface area contributed by atoms with Crippen LogP contribution in [0.5, 0.6) is 0 Å². The molecule has 2 aromatic carbocycles. The van der Waals surface area contributed by atoms with Crippen molar-refractivity contribution < 1.29 is 9.59 Å². The second-order valence-corrected chi connectivity index (χ2v) is 9.61. The minimum atomic E-state index is -0.394. The van der Waals surface area contributed by atoms with Gasteiger partial charge in [-0.15, -0.1) is 0 Å². The monoisotopic (exact) mass is 446 g/mol. The Kier molecular flexibility index (Phi) is 5.29. The Bertz CT molecular complexity index is 1230. The van der Waals surface area contributed by atoms with E-state index in [9.17, 15) is 9.59 Å². The number of thioether (sulfide) groups is 1. The fourth-order valence-electron chi connectivity index (χ4n) is 4.36. The highest BCUT2D eigenvalue weighted by molar-refractivity contribution is 7.98. The van der Waals surface area contributed by atoms with E-state index in [4.69, 9.17) is 5.10 Å². The Morgan fingerprint density at radius 3 is 2.66 bits per heavy atom. The number of hydrogen-bond donors (Lipinski definition) is 1. The predicted octanol–water partition coefficient (Wildman–Crippen LogP) is 4.54. The van der Waals surface area contributed by atoms with Gasteiger partial charge < -0.3 is 10.2 Å². The molecule has 0 radical (unpaired) electrons. The summed E-state index contributed by atoms with van der Waals surface area (Å²) in [7, 11) is 0. The quantitative estimate of drug-likeness (QED) is 0.639. The maximum absolute atomic E-state index is 13.3. The number of anilines is 2. The van der Waals surface area contributed by atoms with Crippen LogP contribution in [0, 0.1) is 26.7 Å². The lowest BCUT2D eigenvalue weighted by molar-refractivity contribution is -0.122. The van der Waals surface area contributed by atoms with Gasteiger partial charge in [0.25, 0.3) is 0 Å². The fourth-order valence-corrected chi connectivity index (χ4v) is 5.40. The maximum atomic E-state index is 13.3. The normalized spacial score (nSPS) is 17.7. The Morgan fingerprint density at radius 2 is 1.88 bits per heavy atom. The van der Waals surface area contributed by atoms with Gasteiger partial charge in [0.1, 0.15) is 5.82 Å². The van der Waals surface area contributed by atoms with E-state index < -0.39 is 5.92 Å². The molecular weight excluding hydrogens is 420 g/mol. The second-order valence-electron chi connectivity index (χ2n) is 8.63. The van der Waals surface area contributed by atoms with Gasteiger partial charge in [0.2, 0.25) is 11.8 Å². The van der Waals surface area contributed by atoms with E-state index in [0.29, 0.717) is 6.54 Å². The number of fused-ring (bicyclic) bond motifs is 1. The fraction of sp³-hybridized carbons (Fsp3) is 0.320. The molecule has 6 nitrogen and oxygen atoms in total. The zero-order valence-electron chi connectivity index (χ0n) is 18.5. The molecule has 164 valence electrons. The van der Waals surface area contributed by atoms with Crippen molar-refractivity contribution in [1.82, 2.24) is 9.78 Å². The first-order chi connectivity index (χ1) is 15.4. The van der Waals surface area contributed by atoms with Gasteiger partial charge >= 0.3 is 0 Å². The summed E-state index contributed by atoms with van der Waals surface area (Å²) in [4.78, 5) is 27.8. The van der Waals surface area contributed by atoms with Crippen LogP contribution in [0.15, 0.2) is 42.5 Å². The minimum absolute atomic E-state index is 0.0124. The highest BCUT2D eigenvalue weighted by atomic mass is 32.2. The largest absolute Gasteiger partial charge is 0.312 e. The third kappa shape index (κ3) is 3.60. The van der Waals surface area contributed by atoms with E-state index in [1.165, 1.54) is 5.56 Å². The van der Waals surface area contributed by atoms with E-state index >= 15 is 0 Å². The molecule has 3 aromatic rings. The lowest BCUT2D eigenvalue weighted by Crippen LogP contribution is -2.29. The number of para-hydroxylation sites is 1. The zero-order valence-corrected chi connectivity index (χ0v) is 19.3. The Balaban J connectivity index is 1.41. The molecule has 1 unspecified atom stereocenters. The first-order valence-corrected chi connectivity index (χ1v) is 12.0. The first-order valence-electron chi connectivity index (χ1n) is 10.9. The molecule has 32 heavy (non-hydrogen) atoms. The highest BCUT2D eigenvalue weighted by Gasteiger charge is 2.36. The van der Waals surface area contributed by atoms with Crippen LogP contribution in [0.2, 0.25) is 0 Å². The highest BCUT2D eigenvalue weighted by Crippen LogP contribution is 2.37. The Hall–Kier alpha value is -3.06. The molecule has 1 N–H and O–H groups in total. The third-order valence-electron chi connectivity index (χ3n) is 6.44. The van der Waals surface area contributed by atoms with E-state index in [-0.39, 0.29) is 18.2 Å². The number of carbonyl (C=O) groups excluding carboxylic acids is 2. The molecule has 3 heterocycles. The SMILES string of the molecule is Cc1ccc(N2CC(C(=O)Nc3c4c(nn3-c3ccccc3C)CSC4)CC2=O)cc1C. The predicted molar refractivity (Wildman–Crippen MR) is 128 cm³/mol. The van der Waals surface area contributed by atoms with E-state index in [1.54, 1.807) is 16.7 Å². The molecule has 0 bridgehead atoms. The van der Waals surface area contributed by atoms with Crippen LogP contribution < -0.4 is 10.2 Å². The Morgan fingerprint density at radius 1 is 1.06 bits per heavy atom. The third-order valence-corrected chi connectivity index (χ3v) is 7.41. The molecular formula is C25H26N4O2S. The van der Waals surface area contributed by atoms with Crippen molar-refractivity contribution in [3.8, 4) is 5.69 Å². The number of nitrogens with zero attached hydrogens (tertiary/aromatic N) is 3. The number of nitrogens with one attached hydrogen (secondary N) is 1. The van der Waals surface area contributed by atoms with Gasteiger partial charge in [-0.25, -0.2) is 4.68 Å². The molecule has 5 rings (SSSR count). The van der Waals surface area contributed by atoms with Gasteiger partial charge in [0.05, 0.1) is 17.3 Å². The van der Waals surface area contributed by atoms with Crippen molar-refractivity contribution in [3.05, 3.63) is 70.4 Å². The first kappa shape index (κ1) is 20.8. The number of aryl methyl sites for hydroxylation is 3. The van der Waals surface area contributed by atoms with E-state index in [1.807, 2.05) is 61.0 Å². The molecule has 2 amide bonds. The summed E-state index contributed by atoms with van der Waals surface area (Å²) in [6.45, 7) is 6.52. The van der Waals surface area contributed by atoms with Crippen molar-refractivity contribution in [2.75, 3.05) is 16.8 Å². The lowest BCUT2D eigenvalue weighted by atomic mass is 10.1. The standard InChI is InChI=1S/C25H26N4O2S/c1-15-8-9-19(10-17(15)3)28-12-18(11-23(28)30)25(31)26-24-20-13-32-14-21(20)27-29(24)22-7-5-4-6-16(22)2/h4-10,18H,11-14H2,1-3H3,(H,26,31).